The lowest BCUT2D eigenvalue weighted by Crippen LogP contribution is -2.42. The molecule has 0 bridgehead atoms. The number of nitrogens with two attached hydrogens (primary N) is 1. The minimum Gasteiger partial charge on any atom is -0.491 e. The zero-order valence-electron chi connectivity index (χ0n) is 12.5. The Morgan fingerprint density at radius 2 is 2.05 bits per heavy atom. The Labute approximate surface area is 126 Å². The van der Waals surface area contributed by atoms with Crippen LogP contribution in [0.3, 0.4) is 0 Å². The number of anilines is 1. The van der Waals surface area contributed by atoms with Crippen LogP contribution in [-0.4, -0.2) is 25.6 Å². The number of carbonyl (C=O) groups is 1. The fourth-order valence-electron chi connectivity index (χ4n) is 3.57. The number of fused-ring (bicyclic) bond motifs is 1. The van der Waals surface area contributed by atoms with E-state index in [0.717, 1.165) is 43.7 Å². The average molecular weight is 288 g/mol. The molecule has 0 aromatic heterocycles. The van der Waals surface area contributed by atoms with Crippen LogP contribution in [0.15, 0.2) is 24.3 Å². The first kappa shape index (κ1) is 14.4. The van der Waals surface area contributed by atoms with Crippen LogP contribution >= 0.6 is 0 Å². The molecule has 114 valence electrons. The quantitative estimate of drug-likeness (QED) is 0.910. The van der Waals surface area contributed by atoms with Gasteiger partial charge in [-0.1, -0.05) is 25.0 Å². The third kappa shape index (κ3) is 2.91. The summed E-state index contributed by atoms with van der Waals surface area (Å²) >= 11 is 0. The van der Waals surface area contributed by atoms with Crippen LogP contribution < -0.4 is 15.4 Å². The molecule has 1 aromatic rings. The van der Waals surface area contributed by atoms with Crippen molar-refractivity contribution in [2.75, 3.05) is 24.6 Å². The van der Waals surface area contributed by atoms with Crippen LogP contribution in [0.4, 0.5) is 5.69 Å². The first-order valence-corrected chi connectivity index (χ1v) is 8.04. The lowest BCUT2D eigenvalue weighted by Gasteiger charge is -2.34. The van der Waals surface area contributed by atoms with Crippen molar-refractivity contribution in [1.82, 2.24) is 0 Å². The molecule has 1 amide bonds. The molecule has 2 N–H and O–H groups in total. The Kier molecular flexibility index (Phi) is 4.44. The SMILES string of the molecule is NCC1CCCCC1C(=O)N1CCCOc2ccccc21. The summed E-state index contributed by atoms with van der Waals surface area (Å²) in [6, 6.07) is 7.85. The monoisotopic (exact) mass is 288 g/mol. The predicted molar refractivity (Wildman–Crippen MR) is 83.4 cm³/mol. The minimum absolute atomic E-state index is 0.0786. The Morgan fingerprint density at radius 1 is 1.24 bits per heavy atom. The molecule has 1 heterocycles. The summed E-state index contributed by atoms with van der Waals surface area (Å²) in [5.74, 6) is 1.48. The second-order valence-corrected chi connectivity index (χ2v) is 6.05. The Balaban J connectivity index is 1.86. The van der Waals surface area contributed by atoms with E-state index in [-0.39, 0.29) is 11.8 Å². The van der Waals surface area contributed by atoms with Crippen LogP contribution in [0.25, 0.3) is 0 Å². The number of rotatable bonds is 2. The summed E-state index contributed by atoms with van der Waals surface area (Å²) in [4.78, 5) is 15.0. The lowest BCUT2D eigenvalue weighted by molar-refractivity contribution is -0.125. The summed E-state index contributed by atoms with van der Waals surface area (Å²) in [6.07, 6.45) is 5.27. The first-order valence-electron chi connectivity index (χ1n) is 8.04. The van der Waals surface area contributed by atoms with Gasteiger partial charge in [0, 0.05) is 12.5 Å². The third-order valence-electron chi connectivity index (χ3n) is 4.73. The van der Waals surface area contributed by atoms with Gasteiger partial charge in [0.2, 0.25) is 5.91 Å². The van der Waals surface area contributed by atoms with Gasteiger partial charge in [-0.15, -0.1) is 0 Å². The standard InChI is InChI=1S/C17H24N2O2/c18-12-13-6-1-2-7-14(13)17(20)19-10-5-11-21-16-9-4-3-8-15(16)19/h3-4,8-9,13-14H,1-2,5-7,10-12,18H2. The van der Waals surface area contributed by atoms with Crippen molar-refractivity contribution >= 4 is 11.6 Å². The Morgan fingerprint density at radius 3 is 2.90 bits per heavy atom. The molecule has 1 aliphatic heterocycles. The topological polar surface area (TPSA) is 55.6 Å². The molecule has 21 heavy (non-hydrogen) atoms. The van der Waals surface area contributed by atoms with Crippen LogP contribution in [0.5, 0.6) is 5.75 Å². The van der Waals surface area contributed by atoms with Gasteiger partial charge in [-0.3, -0.25) is 4.79 Å². The molecular formula is C17H24N2O2. The maximum atomic E-state index is 13.1. The van der Waals surface area contributed by atoms with E-state index in [9.17, 15) is 4.79 Å². The van der Waals surface area contributed by atoms with Crippen molar-refractivity contribution in [3.05, 3.63) is 24.3 Å². The van der Waals surface area contributed by atoms with Gasteiger partial charge >= 0.3 is 0 Å². The molecule has 4 heteroatoms. The molecule has 1 aromatic carbocycles. The molecular weight excluding hydrogens is 264 g/mol. The van der Waals surface area contributed by atoms with Crippen LogP contribution in [0.2, 0.25) is 0 Å². The molecule has 0 radical (unpaired) electrons. The number of nitrogens with zero attached hydrogens (tertiary/aromatic N) is 1. The minimum atomic E-state index is 0.0786. The van der Waals surface area contributed by atoms with E-state index in [4.69, 9.17) is 10.5 Å². The fraction of sp³-hybridized carbons (Fsp3) is 0.588. The molecule has 4 nitrogen and oxygen atoms in total. The Bertz CT molecular complexity index is 503. The van der Waals surface area contributed by atoms with Gasteiger partial charge in [0.05, 0.1) is 12.3 Å². The van der Waals surface area contributed by atoms with Crippen LogP contribution in [0.1, 0.15) is 32.1 Å². The van der Waals surface area contributed by atoms with E-state index < -0.39 is 0 Å². The number of benzene rings is 1. The normalized spacial score (nSPS) is 25.7. The highest BCUT2D eigenvalue weighted by Crippen LogP contribution is 2.36. The van der Waals surface area contributed by atoms with Crippen molar-refractivity contribution in [2.24, 2.45) is 17.6 Å². The summed E-state index contributed by atoms with van der Waals surface area (Å²) in [7, 11) is 0. The van der Waals surface area contributed by atoms with E-state index in [1.54, 1.807) is 0 Å². The maximum absolute atomic E-state index is 13.1. The molecule has 2 aliphatic rings. The van der Waals surface area contributed by atoms with E-state index >= 15 is 0 Å². The number of hydrogen-bond donors (Lipinski definition) is 1. The highest BCUT2D eigenvalue weighted by atomic mass is 16.5. The van der Waals surface area contributed by atoms with Gasteiger partial charge in [-0.25, -0.2) is 0 Å². The first-order chi connectivity index (χ1) is 10.3. The van der Waals surface area contributed by atoms with E-state index in [0.29, 0.717) is 19.1 Å². The largest absolute Gasteiger partial charge is 0.491 e. The van der Waals surface area contributed by atoms with Crippen molar-refractivity contribution in [2.45, 2.75) is 32.1 Å². The molecule has 1 fully saturated rings. The van der Waals surface area contributed by atoms with Crippen LogP contribution in [-0.2, 0) is 4.79 Å². The second-order valence-electron chi connectivity index (χ2n) is 6.05. The number of amides is 1. The maximum Gasteiger partial charge on any atom is 0.230 e. The zero-order valence-corrected chi connectivity index (χ0v) is 12.5. The number of para-hydroxylation sites is 2. The van der Waals surface area contributed by atoms with Crippen molar-refractivity contribution in [3.63, 3.8) is 0 Å². The molecule has 3 rings (SSSR count). The molecule has 1 aliphatic carbocycles. The van der Waals surface area contributed by atoms with Gasteiger partial charge in [-0.2, -0.15) is 0 Å². The predicted octanol–water partition coefficient (Wildman–Crippen LogP) is 2.57. The van der Waals surface area contributed by atoms with E-state index in [1.165, 1.54) is 6.42 Å². The highest BCUT2D eigenvalue weighted by Gasteiger charge is 2.34. The van der Waals surface area contributed by atoms with Gasteiger partial charge in [0.25, 0.3) is 0 Å². The average Bonchev–Trinajstić information content (AvgIpc) is 2.76. The van der Waals surface area contributed by atoms with Gasteiger partial charge < -0.3 is 15.4 Å². The Hall–Kier alpha value is -1.55. The lowest BCUT2D eigenvalue weighted by atomic mass is 9.78. The van der Waals surface area contributed by atoms with Gasteiger partial charge in [-0.05, 0) is 43.9 Å². The zero-order chi connectivity index (χ0) is 14.7. The smallest absolute Gasteiger partial charge is 0.230 e. The van der Waals surface area contributed by atoms with Crippen molar-refractivity contribution < 1.29 is 9.53 Å². The third-order valence-corrected chi connectivity index (χ3v) is 4.73. The molecule has 2 atom stereocenters. The summed E-state index contributed by atoms with van der Waals surface area (Å²) in [5.41, 5.74) is 6.81. The van der Waals surface area contributed by atoms with E-state index in [1.807, 2.05) is 29.2 Å². The van der Waals surface area contributed by atoms with Crippen molar-refractivity contribution in [3.8, 4) is 5.75 Å². The number of ether oxygens (including phenoxy) is 1. The van der Waals surface area contributed by atoms with Crippen LogP contribution in [0, 0.1) is 11.8 Å². The van der Waals surface area contributed by atoms with Gasteiger partial charge in [0.1, 0.15) is 5.75 Å². The molecule has 0 spiro atoms. The molecule has 0 saturated heterocycles. The van der Waals surface area contributed by atoms with Gasteiger partial charge in [0.15, 0.2) is 0 Å². The molecule has 1 saturated carbocycles. The second kappa shape index (κ2) is 6.48. The molecule has 2 unspecified atom stereocenters. The van der Waals surface area contributed by atoms with E-state index in [2.05, 4.69) is 0 Å². The summed E-state index contributed by atoms with van der Waals surface area (Å²) < 4.78 is 5.75. The fourth-order valence-corrected chi connectivity index (χ4v) is 3.57. The summed E-state index contributed by atoms with van der Waals surface area (Å²) in [5, 5.41) is 0. The number of hydrogen-bond acceptors (Lipinski definition) is 3. The number of carbonyl (C=O) groups excluding carboxylic acids is 1. The highest BCUT2D eigenvalue weighted by molar-refractivity contribution is 5.96. The van der Waals surface area contributed by atoms with Crippen molar-refractivity contribution in [1.29, 1.82) is 0 Å². The summed E-state index contributed by atoms with van der Waals surface area (Å²) in [6.45, 7) is 2.03.